The third-order valence-corrected chi connectivity index (χ3v) is 4.94. The van der Waals surface area contributed by atoms with E-state index in [2.05, 4.69) is 15.3 Å². The molecule has 0 aliphatic heterocycles. The van der Waals surface area contributed by atoms with E-state index in [4.69, 9.17) is 10.5 Å². The summed E-state index contributed by atoms with van der Waals surface area (Å²) in [6.07, 6.45) is 4.80. The average Bonchev–Trinajstić information content (AvgIpc) is 3.01. The topological polar surface area (TPSA) is 78.3 Å². The van der Waals surface area contributed by atoms with E-state index in [9.17, 15) is 0 Å². The number of hydrogen-bond acceptors (Lipinski definition) is 6. The monoisotopic (exact) mass is 281 g/mol. The van der Waals surface area contributed by atoms with Crippen LogP contribution in [0, 0.1) is 5.92 Å². The molecule has 0 spiro atoms. The minimum absolute atomic E-state index is 0.449. The summed E-state index contributed by atoms with van der Waals surface area (Å²) in [5.41, 5.74) is 5.74. The molecule has 6 nitrogen and oxygen atoms in total. The summed E-state index contributed by atoms with van der Waals surface area (Å²) in [6.45, 7) is 1.26. The smallest absolute Gasteiger partial charge is 0.234 e. The molecule has 104 valence electrons. The van der Waals surface area contributed by atoms with E-state index in [1.807, 2.05) is 4.52 Å². The number of methoxy groups -OCH3 is 1. The number of aromatic nitrogens is 4. The van der Waals surface area contributed by atoms with Crippen LogP contribution in [-0.4, -0.2) is 33.5 Å². The average molecular weight is 281 g/mol. The molecular formula is C12H19N5OS. The highest BCUT2D eigenvalue weighted by Crippen LogP contribution is 2.37. The van der Waals surface area contributed by atoms with Gasteiger partial charge in [0.2, 0.25) is 4.96 Å². The highest BCUT2D eigenvalue weighted by molar-refractivity contribution is 7.16. The van der Waals surface area contributed by atoms with Crippen molar-refractivity contribution in [1.82, 2.24) is 19.8 Å². The number of hydrogen-bond donors (Lipinski definition) is 1. The molecule has 2 N–H and O–H groups in total. The second kappa shape index (κ2) is 5.52. The zero-order valence-corrected chi connectivity index (χ0v) is 11.9. The van der Waals surface area contributed by atoms with Crippen molar-refractivity contribution >= 4 is 16.3 Å². The standard InChI is InChI=1S/C12H19N5OS/c1-18-7-10-14-15-12-17(10)16-11(19-12)9-4-2-8(6-13)3-5-9/h8-9H,2-7,13H2,1H3. The van der Waals surface area contributed by atoms with Crippen molar-refractivity contribution in [2.24, 2.45) is 11.7 Å². The Morgan fingerprint density at radius 2 is 2.11 bits per heavy atom. The molecule has 2 heterocycles. The van der Waals surface area contributed by atoms with Crippen molar-refractivity contribution in [3.63, 3.8) is 0 Å². The molecule has 0 amide bonds. The lowest BCUT2D eigenvalue weighted by atomic mass is 9.82. The van der Waals surface area contributed by atoms with Crippen molar-refractivity contribution in [2.45, 2.75) is 38.2 Å². The summed E-state index contributed by atoms with van der Waals surface area (Å²) in [5, 5.41) is 14.1. The summed E-state index contributed by atoms with van der Waals surface area (Å²) in [7, 11) is 1.66. The maximum Gasteiger partial charge on any atom is 0.234 e. The Morgan fingerprint density at radius 3 is 2.79 bits per heavy atom. The molecule has 1 aliphatic carbocycles. The van der Waals surface area contributed by atoms with Crippen LogP contribution in [0.15, 0.2) is 0 Å². The van der Waals surface area contributed by atoms with Crippen molar-refractivity contribution in [2.75, 3.05) is 13.7 Å². The van der Waals surface area contributed by atoms with E-state index in [0.29, 0.717) is 18.4 Å². The van der Waals surface area contributed by atoms with Crippen LogP contribution < -0.4 is 5.73 Å². The third kappa shape index (κ3) is 2.50. The molecule has 2 aromatic heterocycles. The van der Waals surface area contributed by atoms with E-state index in [1.165, 1.54) is 30.7 Å². The van der Waals surface area contributed by atoms with Gasteiger partial charge >= 0.3 is 0 Å². The molecular weight excluding hydrogens is 262 g/mol. The van der Waals surface area contributed by atoms with Crippen LogP contribution in [0.1, 0.15) is 42.4 Å². The van der Waals surface area contributed by atoms with Crippen LogP contribution >= 0.6 is 11.3 Å². The summed E-state index contributed by atoms with van der Waals surface area (Å²) < 4.78 is 6.92. The predicted octanol–water partition coefficient (Wildman–Crippen LogP) is 1.56. The molecule has 3 rings (SSSR count). The Morgan fingerprint density at radius 1 is 1.32 bits per heavy atom. The normalized spacial score (nSPS) is 24.1. The van der Waals surface area contributed by atoms with Gasteiger partial charge in [-0.2, -0.15) is 9.61 Å². The van der Waals surface area contributed by atoms with E-state index in [1.54, 1.807) is 18.4 Å². The Kier molecular flexibility index (Phi) is 3.76. The van der Waals surface area contributed by atoms with Gasteiger partial charge in [0.05, 0.1) is 0 Å². The lowest BCUT2D eigenvalue weighted by Gasteiger charge is -2.25. The second-order valence-corrected chi connectivity index (χ2v) is 6.12. The quantitative estimate of drug-likeness (QED) is 0.920. The second-order valence-electron chi connectivity index (χ2n) is 5.14. The highest BCUT2D eigenvalue weighted by Gasteiger charge is 2.25. The van der Waals surface area contributed by atoms with Crippen molar-refractivity contribution in [3.8, 4) is 0 Å². The summed E-state index contributed by atoms with van der Waals surface area (Å²) in [6, 6.07) is 0. The lowest BCUT2D eigenvalue weighted by Crippen LogP contribution is -2.20. The third-order valence-electron chi connectivity index (χ3n) is 3.87. The first-order valence-electron chi connectivity index (χ1n) is 6.71. The van der Waals surface area contributed by atoms with Gasteiger partial charge in [0.15, 0.2) is 5.82 Å². The fourth-order valence-electron chi connectivity index (χ4n) is 2.70. The van der Waals surface area contributed by atoms with Gasteiger partial charge in [0.1, 0.15) is 11.6 Å². The SMILES string of the molecule is COCc1nnc2sc(C3CCC(CN)CC3)nn12. The van der Waals surface area contributed by atoms with E-state index in [0.717, 1.165) is 17.3 Å². The summed E-state index contributed by atoms with van der Waals surface area (Å²) in [5.74, 6) is 2.03. The van der Waals surface area contributed by atoms with Gasteiger partial charge in [-0.3, -0.25) is 0 Å². The van der Waals surface area contributed by atoms with Gasteiger partial charge in [0.25, 0.3) is 0 Å². The Labute approximate surface area is 116 Å². The molecule has 1 fully saturated rings. The number of nitrogens with zero attached hydrogens (tertiary/aromatic N) is 4. The zero-order chi connectivity index (χ0) is 13.2. The minimum Gasteiger partial charge on any atom is -0.377 e. The molecule has 2 aromatic rings. The molecule has 0 bridgehead atoms. The fourth-order valence-corrected chi connectivity index (χ4v) is 3.73. The van der Waals surface area contributed by atoms with Gasteiger partial charge < -0.3 is 10.5 Å². The van der Waals surface area contributed by atoms with E-state index in [-0.39, 0.29) is 0 Å². The summed E-state index contributed by atoms with van der Waals surface area (Å²) in [4.78, 5) is 0.864. The van der Waals surface area contributed by atoms with Gasteiger partial charge in [-0.1, -0.05) is 11.3 Å². The van der Waals surface area contributed by atoms with Crippen LogP contribution in [0.2, 0.25) is 0 Å². The first kappa shape index (κ1) is 13.0. The Hall–Kier alpha value is -1.05. The largest absolute Gasteiger partial charge is 0.377 e. The molecule has 0 unspecified atom stereocenters. The van der Waals surface area contributed by atoms with Crippen LogP contribution in [0.5, 0.6) is 0 Å². The van der Waals surface area contributed by atoms with Crippen LogP contribution in [-0.2, 0) is 11.3 Å². The first-order valence-corrected chi connectivity index (χ1v) is 7.53. The Bertz CT molecular complexity index is 543. The maximum absolute atomic E-state index is 5.74. The van der Waals surface area contributed by atoms with Gasteiger partial charge in [-0.05, 0) is 38.1 Å². The first-order chi connectivity index (χ1) is 9.31. The van der Waals surface area contributed by atoms with Crippen molar-refractivity contribution < 1.29 is 4.74 Å². The summed E-state index contributed by atoms with van der Waals surface area (Å²) >= 11 is 1.65. The molecule has 0 saturated heterocycles. The van der Waals surface area contributed by atoms with Crippen LogP contribution in [0.3, 0.4) is 0 Å². The maximum atomic E-state index is 5.74. The zero-order valence-electron chi connectivity index (χ0n) is 11.1. The van der Waals surface area contributed by atoms with E-state index >= 15 is 0 Å². The van der Waals surface area contributed by atoms with Gasteiger partial charge in [0, 0.05) is 13.0 Å². The molecule has 0 radical (unpaired) electrons. The van der Waals surface area contributed by atoms with Gasteiger partial charge in [-0.15, -0.1) is 10.2 Å². The van der Waals surface area contributed by atoms with Crippen LogP contribution in [0.25, 0.3) is 4.96 Å². The lowest BCUT2D eigenvalue weighted by molar-refractivity contribution is 0.176. The Balaban J connectivity index is 1.78. The van der Waals surface area contributed by atoms with Crippen molar-refractivity contribution in [3.05, 3.63) is 10.8 Å². The highest BCUT2D eigenvalue weighted by atomic mass is 32.1. The number of nitrogens with two attached hydrogens (primary N) is 1. The van der Waals surface area contributed by atoms with Crippen molar-refractivity contribution in [1.29, 1.82) is 0 Å². The molecule has 19 heavy (non-hydrogen) atoms. The molecule has 0 atom stereocenters. The van der Waals surface area contributed by atoms with Gasteiger partial charge in [-0.25, -0.2) is 0 Å². The number of rotatable bonds is 4. The molecule has 1 aliphatic rings. The minimum atomic E-state index is 0.449. The predicted molar refractivity (Wildman–Crippen MR) is 73.1 cm³/mol. The van der Waals surface area contributed by atoms with E-state index < -0.39 is 0 Å². The number of ether oxygens (including phenoxy) is 1. The molecule has 0 aromatic carbocycles. The van der Waals surface area contributed by atoms with Crippen LogP contribution in [0.4, 0.5) is 0 Å². The number of fused-ring (bicyclic) bond motifs is 1. The molecule has 1 saturated carbocycles. The molecule has 7 heteroatoms. The fraction of sp³-hybridized carbons (Fsp3) is 0.750.